The van der Waals surface area contributed by atoms with E-state index in [1.807, 2.05) is 0 Å². The van der Waals surface area contributed by atoms with Crippen LogP contribution in [0.25, 0.3) is 0 Å². The first-order chi connectivity index (χ1) is 5.70. The normalized spacial score (nSPS) is 12.5. The molecule has 0 aliphatic rings. The molecule has 5 heteroatoms. The van der Waals surface area contributed by atoms with E-state index in [0.717, 1.165) is 25.7 Å². The predicted octanol–water partition coefficient (Wildman–Crippen LogP) is -0.552. The molecule has 0 fully saturated rings. The van der Waals surface area contributed by atoms with Gasteiger partial charge >= 0.3 is 51.4 Å². The van der Waals surface area contributed by atoms with E-state index in [1.165, 1.54) is 0 Å². The average molecular weight is 232 g/mol. The minimum atomic E-state index is -2.34. The first kappa shape index (κ1) is 17.0. The smallest absolute Gasteiger partial charge is 0.424 e. The Hall–Kier alpha value is 1.55. The van der Waals surface area contributed by atoms with E-state index >= 15 is 0 Å². The summed E-state index contributed by atoms with van der Waals surface area (Å²) in [6.45, 7) is 4.52. The van der Waals surface area contributed by atoms with Crippen molar-refractivity contribution in [1.82, 2.24) is 0 Å². The summed E-state index contributed by atoms with van der Waals surface area (Å²) in [6, 6.07) is 0. The molecule has 0 saturated heterocycles. The minimum absolute atomic E-state index is 0. The summed E-state index contributed by atoms with van der Waals surface area (Å²) >= 11 is 0. The van der Waals surface area contributed by atoms with E-state index in [4.69, 9.17) is 0 Å². The second-order valence-corrected chi connectivity index (χ2v) is 3.55. The van der Waals surface area contributed by atoms with E-state index in [2.05, 4.69) is 18.0 Å². The molecule has 0 heterocycles. The summed E-state index contributed by atoms with van der Waals surface area (Å²) in [6.07, 6.45) is 4.34. The molecular formula is C8H17KO3S. The zero-order chi connectivity index (χ0) is 9.40. The van der Waals surface area contributed by atoms with Crippen LogP contribution in [0, 0.1) is 5.92 Å². The van der Waals surface area contributed by atoms with Gasteiger partial charge in [-0.3, -0.25) is 0 Å². The van der Waals surface area contributed by atoms with Gasteiger partial charge in [-0.1, -0.05) is 33.1 Å². The Morgan fingerprint density at radius 1 is 1.31 bits per heavy atom. The van der Waals surface area contributed by atoms with Crippen LogP contribution in [0.3, 0.4) is 0 Å². The van der Waals surface area contributed by atoms with Crippen LogP contribution in [-0.4, -0.2) is 6.61 Å². The van der Waals surface area contributed by atoms with Crippen molar-refractivity contribution in [2.24, 2.45) is 5.92 Å². The van der Waals surface area contributed by atoms with E-state index in [0.29, 0.717) is 12.5 Å². The van der Waals surface area contributed by atoms with Crippen LogP contribution in [0.15, 0.2) is 0 Å². The fourth-order valence-electron chi connectivity index (χ4n) is 1.05. The van der Waals surface area contributed by atoms with Crippen LogP contribution in [0.5, 0.6) is 0 Å². The van der Waals surface area contributed by atoms with Crippen molar-refractivity contribution in [3.63, 3.8) is 0 Å². The fourth-order valence-corrected chi connectivity index (χ4v) is 1.35. The third-order valence-corrected chi connectivity index (χ3v) is 2.27. The van der Waals surface area contributed by atoms with Crippen molar-refractivity contribution in [1.29, 1.82) is 0 Å². The van der Waals surface area contributed by atoms with Crippen LogP contribution < -0.4 is 51.4 Å². The largest absolute Gasteiger partial charge is 1.00 e. The molecule has 0 amide bonds. The molecule has 3 nitrogen and oxygen atoms in total. The molecule has 0 radical (unpaired) electrons. The molecule has 0 saturated carbocycles. The minimum Gasteiger partial charge on any atom is -0.424 e. The Morgan fingerprint density at radius 2 is 1.92 bits per heavy atom. The van der Waals surface area contributed by atoms with Gasteiger partial charge in [0.1, 0.15) is 0 Å². The summed E-state index contributed by atoms with van der Waals surface area (Å²) in [4.78, 5) is 0. The van der Waals surface area contributed by atoms with E-state index in [1.54, 1.807) is 0 Å². The second-order valence-electron chi connectivity index (χ2n) is 2.91. The zero-order valence-corrected chi connectivity index (χ0v) is 12.7. The average Bonchev–Trinajstić information content (AvgIpc) is 2.05. The van der Waals surface area contributed by atoms with Crippen molar-refractivity contribution in [3.05, 3.63) is 0 Å². The Kier molecular flexibility index (Phi) is 15.2. The van der Waals surface area contributed by atoms with Crippen LogP contribution in [-0.2, 0) is 23.6 Å². The molecule has 0 aliphatic carbocycles. The molecule has 0 aromatic carbocycles. The molecule has 0 aromatic heterocycles. The SMILES string of the molecule is CCCCC(CC)CO[S-](=O)=O.[K+]. The van der Waals surface area contributed by atoms with Crippen molar-refractivity contribution in [2.75, 3.05) is 6.61 Å². The molecule has 1 atom stereocenters. The Balaban J connectivity index is 0. The van der Waals surface area contributed by atoms with Gasteiger partial charge in [0.2, 0.25) is 0 Å². The molecule has 0 aromatic rings. The van der Waals surface area contributed by atoms with E-state index < -0.39 is 11.0 Å². The third kappa shape index (κ3) is 11.5. The van der Waals surface area contributed by atoms with Gasteiger partial charge in [-0.15, -0.1) is 0 Å². The number of unbranched alkanes of at least 4 members (excludes halogenated alkanes) is 1. The topological polar surface area (TPSA) is 43.4 Å². The summed E-state index contributed by atoms with van der Waals surface area (Å²) in [5.74, 6) is 0.392. The van der Waals surface area contributed by atoms with E-state index in [9.17, 15) is 8.42 Å². The second kappa shape index (κ2) is 11.6. The summed E-state index contributed by atoms with van der Waals surface area (Å²) in [7, 11) is -2.34. The third-order valence-electron chi connectivity index (χ3n) is 1.94. The van der Waals surface area contributed by atoms with Gasteiger partial charge in [0.15, 0.2) is 0 Å². The summed E-state index contributed by atoms with van der Waals surface area (Å²) < 4.78 is 24.7. The van der Waals surface area contributed by atoms with Crippen LogP contribution >= 0.6 is 0 Å². The van der Waals surface area contributed by atoms with E-state index in [-0.39, 0.29) is 51.4 Å². The van der Waals surface area contributed by atoms with Gasteiger partial charge in [-0.05, 0) is 12.3 Å². The summed E-state index contributed by atoms with van der Waals surface area (Å²) in [5, 5.41) is 0. The summed E-state index contributed by atoms with van der Waals surface area (Å²) in [5.41, 5.74) is 0. The predicted molar refractivity (Wildman–Crippen MR) is 48.0 cm³/mol. The maximum atomic E-state index is 10.1. The first-order valence-electron chi connectivity index (χ1n) is 4.43. The van der Waals surface area contributed by atoms with Crippen molar-refractivity contribution in [3.8, 4) is 0 Å². The maximum Gasteiger partial charge on any atom is 1.00 e. The Bertz CT molecular complexity index is 163. The maximum absolute atomic E-state index is 10.1. The van der Waals surface area contributed by atoms with Crippen LogP contribution in [0.1, 0.15) is 39.5 Å². The molecule has 0 N–H and O–H groups in total. The van der Waals surface area contributed by atoms with Crippen LogP contribution in [0.4, 0.5) is 0 Å². The van der Waals surface area contributed by atoms with Gasteiger partial charge < -0.3 is 12.6 Å². The quantitative estimate of drug-likeness (QED) is 0.437. The molecule has 74 valence electrons. The Labute approximate surface area is 125 Å². The number of rotatable bonds is 7. The van der Waals surface area contributed by atoms with Gasteiger partial charge in [-0.2, -0.15) is 0 Å². The molecule has 1 unspecified atom stereocenters. The first-order valence-corrected chi connectivity index (χ1v) is 5.43. The molecule has 0 spiro atoms. The van der Waals surface area contributed by atoms with Gasteiger partial charge in [0.25, 0.3) is 0 Å². The molecule has 13 heavy (non-hydrogen) atoms. The Morgan fingerprint density at radius 3 is 2.31 bits per heavy atom. The molecule has 0 aliphatic heterocycles. The van der Waals surface area contributed by atoms with Crippen molar-refractivity contribution >= 4 is 11.0 Å². The van der Waals surface area contributed by atoms with Crippen molar-refractivity contribution in [2.45, 2.75) is 39.5 Å². The zero-order valence-electron chi connectivity index (χ0n) is 8.75. The van der Waals surface area contributed by atoms with Gasteiger partial charge in [0, 0.05) is 6.61 Å². The fraction of sp³-hybridized carbons (Fsp3) is 1.00. The number of hydrogen-bond acceptors (Lipinski definition) is 4. The monoisotopic (exact) mass is 232 g/mol. The van der Waals surface area contributed by atoms with Crippen molar-refractivity contribution < 1.29 is 64.0 Å². The molecule has 0 bridgehead atoms. The van der Waals surface area contributed by atoms with Gasteiger partial charge in [0.05, 0.1) is 11.0 Å². The van der Waals surface area contributed by atoms with Gasteiger partial charge in [-0.25, -0.2) is 0 Å². The standard InChI is InChI=1S/C8H17O3S.K/c1-3-5-6-8(4-2)7-11-12(9)10;/h8H,3-7H2,1-2H3;/q-1;+1. The van der Waals surface area contributed by atoms with Crippen LogP contribution in [0.2, 0.25) is 0 Å². The molecular weight excluding hydrogens is 215 g/mol. The number of hydrogen-bond donors (Lipinski definition) is 0. The molecule has 0 rings (SSSR count).